The minimum absolute atomic E-state index is 0.413. The van der Waals surface area contributed by atoms with Gasteiger partial charge in [0.05, 0.1) is 11.6 Å². The maximum atomic E-state index is 5.88. The van der Waals surface area contributed by atoms with Gasteiger partial charge >= 0.3 is 0 Å². The van der Waals surface area contributed by atoms with Crippen molar-refractivity contribution >= 4 is 16.9 Å². The number of nitrogens with one attached hydrogen (secondary N) is 2. The summed E-state index contributed by atoms with van der Waals surface area (Å²) in [6.07, 6.45) is 3.80. The van der Waals surface area contributed by atoms with Gasteiger partial charge in [-0.15, -0.1) is 0 Å². The summed E-state index contributed by atoms with van der Waals surface area (Å²) in [5, 5.41) is 10.9. The molecular formula is C10H14N6. The van der Waals surface area contributed by atoms with Crippen molar-refractivity contribution in [2.24, 2.45) is 0 Å². The van der Waals surface area contributed by atoms with Crippen molar-refractivity contribution in [3.8, 4) is 0 Å². The number of nitrogens with two attached hydrogens (primary N) is 1. The molecule has 0 saturated carbocycles. The largest absolute Gasteiger partial charge is 0.383 e. The van der Waals surface area contributed by atoms with Crippen molar-refractivity contribution < 1.29 is 0 Å². The number of H-pyrrole nitrogens is 1. The number of aromatic amines is 1. The van der Waals surface area contributed by atoms with Gasteiger partial charge in [-0.3, -0.25) is 5.10 Å². The van der Waals surface area contributed by atoms with Crippen LogP contribution in [-0.4, -0.2) is 33.3 Å². The van der Waals surface area contributed by atoms with Gasteiger partial charge in [-0.25, -0.2) is 9.97 Å². The van der Waals surface area contributed by atoms with E-state index >= 15 is 0 Å². The van der Waals surface area contributed by atoms with Crippen LogP contribution in [-0.2, 0) is 0 Å². The van der Waals surface area contributed by atoms with Gasteiger partial charge < -0.3 is 11.1 Å². The molecule has 0 radical (unpaired) electrons. The fraction of sp³-hybridized carbons (Fsp3) is 0.500. The summed E-state index contributed by atoms with van der Waals surface area (Å²) in [6.45, 7) is 2.05. The SMILES string of the molecule is Nc1nc(C2CCNCC2)nc2[nH]ncc12. The molecule has 1 aliphatic rings. The molecule has 0 atom stereocenters. The summed E-state index contributed by atoms with van der Waals surface area (Å²) in [4.78, 5) is 8.86. The van der Waals surface area contributed by atoms with Gasteiger partial charge in [0.1, 0.15) is 11.6 Å². The topological polar surface area (TPSA) is 92.5 Å². The van der Waals surface area contributed by atoms with Crippen LogP contribution in [0.15, 0.2) is 6.20 Å². The Morgan fingerprint density at radius 1 is 1.25 bits per heavy atom. The number of rotatable bonds is 1. The Morgan fingerprint density at radius 3 is 2.88 bits per heavy atom. The van der Waals surface area contributed by atoms with Crippen molar-refractivity contribution in [3.05, 3.63) is 12.0 Å². The third-order valence-electron chi connectivity index (χ3n) is 3.06. The molecule has 0 aliphatic carbocycles. The van der Waals surface area contributed by atoms with E-state index in [1.807, 2.05) is 0 Å². The number of hydrogen-bond donors (Lipinski definition) is 3. The van der Waals surface area contributed by atoms with E-state index in [0.717, 1.165) is 42.8 Å². The predicted molar refractivity (Wildman–Crippen MR) is 60.9 cm³/mol. The quantitative estimate of drug-likeness (QED) is 0.644. The molecule has 2 aromatic rings. The molecule has 0 unspecified atom stereocenters. The second-order valence-corrected chi connectivity index (χ2v) is 4.12. The highest BCUT2D eigenvalue weighted by Gasteiger charge is 2.19. The van der Waals surface area contributed by atoms with Crippen molar-refractivity contribution in [2.45, 2.75) is 18.8 Å². The molecule has 3 rings (SSSR count). The second-order valence-electron chi connectivity index (χ2n) is 4.12. The summed E-state index contributed by atoms with van der Waals surface area (Å²) in [7, 11) is 0. The summed E-state index contributed by atoms with van der Waals surface area (Å²) in [6, 6.07) is 0. The Labute approximate surface area is 92.7 Å². The van der Waals surface area contributed by atoms with E-state index in [9.17, 15) is 0 Å². The Morgan fingerprint density at radius 2 is 2.06 bits per heavy atom. The Hall–Kier alpha value is -1.69. The molecule has 1 saturated heterocycles. The highest BCUT2D eigenvalue weighted by atomic mass is 15.2. The summed E-state index contributed by atoms with van der Waals surface area (Å²) in [5.74, 6) is 1.78. The van der Waals surface area contributed by atoms with E-state index in [0.29, 0.717) is 11.7 Å². The van der Waals surface area contributed by atoms with Gasteiger partial charge in [-0.2, -0.15) is 5.10 Å². The number of piperidine rings is 1. The minimum Gasteiger partial charge on any atom is -0.383 e. The summed E-state index contributed by atoms with van der Waals surface area (Å²) < 4.78 is 0. The maximum absolute atomic E-state index is 5.88. The van der Waals surface area contributed by atoms with Gasteiger partial charge in [0, 0.05) is 5.92 Å². The van der Waals surface area contributed by atoms with Crippen molar-refractivity contribution in [1.29, 1.82) is 0 Å². The Kier molecular flexibility index (Phi) is 2.21. The molecule has 2 aromatic heterocycles. The molecule has 6 nitrogen and oxygen atoms in total. The first-order chi connectivity index (χ1) is 7.84. The second kappa shape index (κ2) is 3.71. The molecule has 6 heteroatoms. The molecule has 3 heterocycles. The van der Waals surface area contributed by atoms with Gasteiger partial charge in [0.2, 0.25) is 0 Å². The number of anilines is 1. The molecule has 4 N–H and O–H groups in total. The van der Waals surface area contributed by atoms with Crippen LogP contribution in [0.1, 0.15) is 24.6 Å². The Bertz CT molecular complexity index is 499. The number of nitrogens with zero attached hydrogens (tertiary/aromatic N) is 3. The lowest BCUT2D eigenvalue weighted by Crippen LogP contribution is -2.27. The van der Waals surface area contributed by atoms with Crippen LogP contribution in [0.5, 0.6) is 0 Å². The molecule has 0 spiro atoms. The van der Waals surface area contributed by atoms with Crippen LogP contribution >= 0.6 is 0 Å². The number of fused-ring (bicyclic) bond motifs is 1. The fourth-order valence-corrected chi connectivity index (χ4v) is 2.14. The van der Waals surface area contributed by atoms with Crippen LogP contribution in [0.3, 0.4) is 0 Å². The fourth-order valence-electron chi connectivity index (χ4n) is 2.14. The van der Waals surface area contributed by atoms with Crippen LogP contribution in [0, 0.1) is 0 Å². The van der Waals surface area contributed by atoms with Gasteiger partial charge in [-0.1, -0.05) is 0 Å². The van der Waals surface area contributed by atoms with E-state index in [1.54, 1.807) is 6.20 Å². The van der Waals surface area contributed by atoms with Crippen molar-refractivity contribution in [3.63, 3.8) is 0 Å². The average Bonchev–Trinajstić information content (AvgIpc) is 2.79. The van der Waals surface area contributed by atoms with Crippen molar-refractivity contribution in [1.82, 2.24) is 25.5 Å². The van der Waals surface area contributed by atoms with E-state index in [1.165, 1.54) is 0 Å². The molecule has 16 heavy (non-hydrogen) atoms. The number of hydrogen-bond acceptors (Lipinski definition) is 5. The monoisotopic (exact) mass is 218 g/mol. The summed E-state index contributed by atoms with van der Waals surface area (Å²) >= 11 is 0. The molecule has 0 bridgehead atoms. The van der Waals surface area contributed by atoms with E-state index < -0.39 is 0 Å². The molecule has 0 amide bonds. The first kappa shape index (κ1) is 9.53. The molecule has 0 aromatic carbocycles. The Balaban J connectivity index is 2.02. The predicted octanol–water partition coefficient (Wildman–Crippen LogP) is 0.402. The van der Waals surface area contributed by atoms with Gasteiger partial charge in [-0.05, 0) is 25.9 Å². The standard InChI is InChI=1S/C10H14N6/c11-8-7-5-13-16-10(7)15-9(14-8)6-1-3-12-4-2-6/h5-6,12H,1-4H2,(H3,11,13,14,15,16). The van der Waals surface area contributed by atoms with Crippen LogP contribution in [0.2, 0.25) is 0 Å². The lowest BCUT2D eigenvalue weighted by atomic mass is 9.97. The van der Waals surface area contributed by atoms with Gasteiger partial charge in [0.25, 0.3) is 0 Å². The van der Waals surface area contributed by atoms with Crippen LogP contribution in [0.4, 0.5) is 5.82 Å². The highest BCUT2D eigenvalue weighted by Crippen LogP contribution is 2.25. The molecular weight excluding hydrogens is 204 g/mol. The van der Waals surface area contributed by atoms with Crippen LogP contribution < -0.4 is 11.1 Å². The van der Waals surface area contributed by atoms with Gasteiger partial charge in [0.15, 0.2) is 5.65 Å². The number of aromatic nitrogens is 4. The third kappa shape index (κ3) is 1.51. The smallest absolute Gasteiger partial charge is 0.161 e. The average molecular weight is 218 g/mol. The van der Waals surface area contributed by atoms with Crippen molar-refractivity contribution in [2.75, 3.05) is 18.8 Å². The zero-order valence-electron chi connectivity index (χ0n) is 8.90. The molecule has 1 fully saturated rings. The lowest BCUT2D eigenvalue weighted by molar-refractivity contribution is 0.446. The highest BCUT2D eigenvalue weighted by molar-refractivity contribution is 5.84. The maximum Gasteiger partial charge on any atom is 0.161 e. The molecule has 84 valence electrons. The zero-order chi connectivity index (χ0) is 11.0. The third-order valence-corrected chi connectivity index (χ3v) is 3.06. The normalized spacial score (nSPS) is 18.0. The zero-order valence-corrected chi connectivity index (χ0v) is 8.90. The van der Waals surface area contributed by atoms with Crippen LogP contribution in [0.25, 0.3) is 11.0 Å². The first-order valence-corrected chi connectivity index (χ1v) is 5.52. The van der Waals surface area contributed by atoms with E-state index in [4.69, 9.17) is 5.73 Å². The minimum atomic E-state index is 0.413. The molecule has 1 aliphatic heterocycles. The number of nitrogen functional groups attached to an aromatic ring is 1. The summed E-state index contributed by atoms with van der Waals surface area (Å²) in [5.41, 5.74) is 6.62. The lowest BCUT2D eigenvalue weighted by Gasteiger charge is -2.21. The van der Waals surface area contributed by atoms with E-state index in [-0.39, 0.29) is 0 Å². The first-order valence-electron chi connectivity index (χ1n) is 5.52. The van der Waals surface area contributed by atoms with E-state index in [2.05, 4.69) is 25.5 Å².